The molecule has 29 heavy (non-hydrogen) atoms. The van der Waals surface area contributed by atoms with Crippen molar-refractivity contribution in [1.82, 2.24) is 5.43 Å². The largest absolute Gasteiger partial charge is 0.271 e. The van der Waals surface area contributed by atoms with Crippen LogP contribution in [0.2, 0.25) is 0 Å². The van der Waals surface area contributed by atoms with Crippen LogP contribution in [0.1, 0.15) is 21.5 Å². The topological polar surface area (TPSA) is 78.8 Å². The van der Waals surface area contributed by atoms with Crippen LogP contribution in [0.25, 0.3) is 0 Å². The number of benzene rings is 3. The van der Waals surface area contributed by atoms with Gasteiger partial charge in [0.15, 0.2) is 0 Å². The molecule has 3 rings (SSSR count). The number of hydrazone groups is 1. The van der Waals surface area contributed by atoms with Gasteiger partial charge in [0.05, 0.1) is 16.8 Å². The average Bonchev–Trinajstić information content (AvgIpc) is 2.75. The second kappa shape index (κ2) is 8.70. The summed E-state index contributed by atoms with van der Waals surface area (Å²) in [6.07, 6.45) is 1.56. The number of anilines is 1. The summed E-state index contributed by atoms with van der Waals surface area (Å²) >= 11 is 0. The van der Waals surface area contributed by atoms with Gasteiger partial charge in [0.1, 0.15) is 0 Å². The summed E-state index contributed by atoms with van der Waals surface area (Å²) in [5.41, 5.74) is 5.31. The van der Waals surface area contributed by atoms with Crippen molar-refractivity contribution in [2.45, 2.75) is 11.8 Å². The van der Waals surface area contributed by atoms with Crippen LogP contribution in [0.15, 0.2) is 88.9 Å². The minimum absolute atomic E-state index is 0.203. The Balaban J connectivity index is 1.67. The van der Waals surface area contributed by atoms with E-state index in [1.54, 1.807) is 60.8 Å². The monoisotopic (exact) mass is 407 g/mol. The van der Waals surface area contributed by atoms with E-state index < -0.39 is 10.0 Å². The first-order valence-electron chi connectivity index (χ1n) is 8.92. The summed E-state index contributed by atoms with van der Waals surface area (Å²) in [6.45, 7) is 1.99. The summed E-state index contributed by atoms with van der Waals surface area (Å²) < 4.78 is 26.5. The zero-order valence-corrected chi connectivity index (χ0v) is 16.9. The van der Waals surface area contributed by atoms with Crippen molar-refractivity contribution >= 4 is 27.8 Å². The lowest BCUT2D eigenvalue weighted by Crippen LogP contribution is -2.26. The van der Waals surface area contributed by atoms with Crippen molar-refractivity contribution in [2.75, 3.05) is 11.4 Å². The smallest absolute Gasteiger partial charge is 0.269 e. The Kier molecular flexibility index (Phi) is 6.09. The first-order chi connectivity index (χ1) is 13.9. The van der Waals surface area contributed by atoms with E-state index in [0.717, 1.165) is 11.1 Å². The SMILES string of the molecule is Cc1ccc(C=NNC(=O)c2ccc(N(C)S(=O)(=O)c3ccccc3)cc2)cc1. The Hall–Kier alpha value is -3.45. The molecule has 0 aliphatic heterocycles. The minimum Gasteiger partial charge on any atom is -0.269 e. The van der Waals surface area contributed by atoms with Gasteiger partial charge in [-0.05, 0) is 48.9 Å². The van der Waals surface area contributed by atoms with E-state index in [4.69, 9.17) is 0 Å². The second-order valence-electron chi connectivity index (χ2n) is 6.44. The van der Waals surface area contributed by atoms with Crippen LogP contribution in [0.4, 0.5) is 5.69 Å². The predicted molar refractivity (Wildman–Crippen MR) is 115 cm³/mol. The maximum Gasteiger partial charge on any atom is 0.271 e. The Morgan fingerprint density at radius 3 is 2.17 bits per heavy atom. The van der Waals surface area contributed by atoms with Crippen molar-refractivity contribution < 1.29 is 13.2 Å². The first kappa shape index (κ1) is 20.3. The molecule has 0 bridgehead atoms. The standard InChI is InChI=1S/C22H21N3O3S/c1-17-8-10-18(11-9-17)16-23-24-22(26)19-12-14-20(15-13-19)25(2)29(27,28)21-6-4-3-5-7-21/h3-16H,1-2H3,(H,24,26). The van der Waals surface area contributed by atoms with Crippen molar-refractivity contribution in [2.24, 2.45) is 5.10 Å². The van der Waals surface area contributed by atoms with Gasteiger partial charge in [0.25, 0.3) is 15.9 Å². The highest BCUT2D eigenvalue weighted by molar-refractivity contribution is 7.92. The van der Waals surface area contributed by atoms with Gasteiger partial charge in [-0.15, -0.1) is 0 Å². The summed E-state index contributed by atoms with van der Waals surface area (Å²) in [7, 11) is -2.19. The number of rotatable bonds is 6. The summed E-state index contributed by atoms with van der Waals surface area (Å²) in [5.74, 6) is -0.381. The maximum absolute atomic E-state index is 12.7. The molecule has 0 aliphatic rings. The molecule has 0 saturated heterocycles. The summed E-state index contributed by atoms with van der Waals surface area (Å²) in [4.78, 5) is 12.4. The molecule has 3 aromatic carbocycles. The summed E-state index contributed by atoms with van der Waals surface area (Å²) in [5, 5.41) is 3.95. The number of aryl methyl sites for hydroxylation is 1. The number of hydrogen-bond donors (Lipinski definition) is 1. The molecule has 1 amide bonds. The van der Waals surface area contributed by atoms with Gasteiger partial charge in [-0.2, -0.15) is 5.10 Å². The molecule has 0 atom stereocenters. The van der Waals surface area contributed by atoms with E-state index >= 15 is 0 Å². The van der Waals surface area contributed by atoms with E-state index in [-0.39, 0.29) is 10.8 Å². The first-order valence-corrected chi connectivity index (χ1v) is 10.4. The lowest BCUT2D eigenvalue weighted by molar-refractivity contribution is 0.0955. The molecule has 0 unspecified atom stereocenters. The lowest BCUT2D eigenvalue weighted by atomic mass is 10.2. The Morgan fingerprint density at radius 2 is 1.55 bits per heavy atom. The Bertz CT molecular complexity index is 1110. The van der Waals surface area contributed by atoms with E-state index in [1.807, 2.05) is 31.2 Å². The average molecular weight is 407 g/mol. The third-order valence-corrected chi connectivity index (χ3v) is 6.15. The van der Waals surface area contributed by atoms with Gasteiger partial charge < -0.3 is 0 Å². The number of nitrogens with one attached hydrogen (secondary N) is 1. The molecule has 0 radical (unpaired) electrons. The quantitative estimate of drug-likeness (QED) is 0.501. The van der Waals surface area contributed by atoms with Gasteiger partial charge in [0, 0.05) is 12.6 Å². The predicted octanol–water partition coefficient (Wildman–Crippen LogP) is 3.58. The molecule has 0 saturated carbocycles. The molecule has 0 aliphatic carbocycles. The van der Waals surface area contributed by atoms with Gasteiger partial charge in [-0.1, -0.05) is 48.0 Å². The van der Waals surface area contributed by atoms with Gasteiger partial charge in [-0.3, -0.25) is 9.10 Å². The van der Waals surface area contributed by atoms with Crippen LogP contribution < -0.4 is 9.73 Å². The van der Waals surface area contributed by atoms with Crippen LogP contribution in [-0.2, 0) is 10.0 Å². The fourth-order valence-electron chi connectivity index (χ4n) is 2.59. The molecule has 0 fully saturated rings. The van der Waals surface area contributed by atoms with Crippen molar-refractivity contribution in [3.63, 3.8) is 0 Å². The zero-order chi connectivity index (χ0) is 20.9. The molecule has 148 valence electrons. The highest BCUT2D eigenvalue weighted by Gasteiger charge is 2.21. The van der Waals surface area contributed by atoms with Gasteiger partial charge in [0.2, 0.25) is 0 Å². The molecular formula is C22H21N3O3S. The molecule has 0 aromatic heterocycles. The fourth-order valence-corrected chi connectivity index (χ4v) is 3.81. The number of nitrogens with zero attached hydrogens (tertiary/aromatic N) is 2. The highest BCUT2D eigenvalue weighted by Crippen LogP contribution is 2.22. The minimum atomic E-state index is -3.66. The molecule has 3 aromatic rings. The number of hydrogen-bond acceptors (Lipinski definition) is 4. The van der Waals surface area contributed by atoms with Crippen LogP contribution in [0, 0.1) is 6.92 Å². The van der Waals surface area contributed by atoms with E-state index in [1.165, 1.54) is 11.4 Å². The third kappa shape index (κ3) is 4.89. The third-order valence-electron chi connectivity index (χ3n) is 4.35. The molecule has 1 N–H and O–H groups in total. The number of amides is 1. The normalized spacial score (nSPS) is 11.4. The lowest BCUT2D eigenvalue weighted by Gasteiger charge is -2.19. The van der Waals surface area contributed by atoms with Crippen LogP contribution >= 0.6 is 0 Å². The number of sulfonamides is 1. The molecule has 0 heterocycles. The van der Waals surface area contributed by atoms with Gasteiger partial charge in [-0.25, -0.2) is 13.8 Å². The maximum atomic E-state index is 12.7. The second-order valence-corrected chi connectivity index (χ2v) is 8.41. The molecular weight excluding hydrogens is 386 g/mol. The van der Waals surface area contributed by atoms with E-state index in [2.05, 4.69) is 10.5 Å². The fraction of sp³-hybridized carbons (Fsp3) is 0.0909. The Labute approximate surface area is 170 Å². The number of carbonyl (C=O) groups excluding carboxylic acids is 1. The van der Waals surface area contributed by atoms with Gasteiger partial charge >= 0.3 is 0 Å². The molecule has 7 heteroatoms. The number of carbonyl (C=O) groups is 1. The Morgan fingerprint density at radius 1 is 0.931 bits per heavy atom. The van der Waals surface area contributed by atoms with Crippen molar-refractivity contribution in [3.05, 3.63) is 95.6 Å². The van der Waals surface area contributed by atoms with E-state index in [0.29, 0.717) is 11.3 Å². The van der Waals surface area contributed by atoms with Crippen molar-refractivity contribution in [1.29, 1.82) is 0 Å². The molecule has 6 nitrogen and oxygen atoms in total. The summed E-state index contributed by atoms with van der Waals surface area (Å²) in [6, 6.07) is 22.2. The van der Waals surface area contributed by atoms with Crippen LogP contribution in [0.5, 0.6) is 0 Å². The van der Waals surface area contributed by atoms with Crippen LogP contribution in [-0.4, -0.2) is 27.6 Å². The van der Waals surface area contributed by atoms with Crippen LogP contribution in [0.3, 0.4) is 0 Å². The highest BCUT2D eigenvalue weighted by atomic mass is 32.2. The zero-order valence-electron chi connectivity index (χ0n) is 16.1. The van der Waals surface area contributed by atoms with Crippen molar-refractivity contribution in [3.8, 4) is 0 Å². The van der Waals surface area contributed by atoms with E-state index in [9.17, 15) is 13.2 Å². The molecule has 0 spiro atoms.